The van der Waals surface area contributed by atoms with Gasteiger partial charge >= 0.3 is 0 Å². The molecule has 0 saturated heterocycles. The topological polar surface area (TPSA) is 42.2 Å². The fourth-order valence-electron chi connectivity index (χ4n) is 4.58. The molecule has 1 aromatic heterocycles. The molecule has 1 amide bonds. The van der Waals surface area contributed by atoms with Gasteiger partial charge in [0.05, 0.1) is 18.4 Å². The van der Waals surface area contributed by atoms with Crippen molar-refractivity contribution in [1.29, 1.82) is 0 Å². The molecule has 1 heterocycles. The molecule has 6 heteroatoms. The summed E-state index contributed by atoms with van der Waals surface area (Å²) in [6, 6.07) is 13.6. The van der Waals surface area contributed by atoms with Crippen LogP contribution in [-0.4, -0.2) is 12.5 Å². The Kier molecular flexibility index (Phi) is 14.3. The van der Waals surface area contributed by atoms with E-state index in [4.69, 9.17) is 16.3 Å². The highest BCUT2D eigenvalue weighted by Crippen LogP contribution is 2.24. The smallest absolute Gasteiger partial charge is 0.228 e. The highest BCUT2D eigenvalue weighted by Gasteiger charge is 2.10. The van der Waals surface area contributed by atoms with Gasteiger partial charge in [-0.1, -0.05) is 119 Å². The van der Waals surface area contributed by atoms with Crippen LogP contribution in [0, 0.1) is 0 Å². The standard InChI is InChI=1S/C32H43ClN2O2S/c1-2-3-4-5-6-7-8-9-10-11-12-13-20-37-30-18-17-28(31(33)24-30)23-32(36)34-29-16-14-15-27(22-29)25-35-19-21-38-26-35/h14-19,21-22,24,26H,2-13,20,23,25H2,1H3/p+1. The van der Waals surface area contributed by atoms with Crippen molar-refractivity contribution in [3.8, 4) is 5.75 Å². The second kappa shape index (κ2) is 18.0. The quantitative estimate of drug-likeness (QED) is 0.118. The number of nitrogens with zero attached hydrogens (tertiary/aromatic N) is 1. The number of ether oxygens (including phenoxy) is 1. The maximum absolute atomic E-state index is 12.7. The van der Waals surface area contributed by atoms with Gasteiger partial charge in [-0.25, -0.2) is 0 Å². The fourth-order valence-corrected chi connectivity index (χ4v) is 5.42. The van der Waals surface area contributed by atoms with E-state index in [9.17, 15) is 4.79 Å². The molecule has 38 heavy (non-hydrogen) atoms. The van der Waals surface area contributed by atoms with Gasteiger partial charge in [0.15, 0.2) is 12.7 Å². The average molecular weight is 556 g/mol. The molecule has 3 rings (SSSR count). The Balaban J connectivity index is 1.29. The number of halogens is 1. The van der Waals surface area contributed by atoms with E-state index in [0.29, 0.717) is 11.6 Å². The Labute approximate surface area is 238 Å². The number of amides is 1. The van der Waals surface area contributed by atoms with Crippen LogP contribution in [0.5, 0.6) is 5.75 Å². The minimum absolute atomic E-state index is 0.0857. The van der Waals surface area contributed by atoms with Gasteiger partial charge in [-0.2, -0.15) is 4.57 Å². The number of rotatable bonds is 19. The molecule has 0 fully saturated rings. The largest absolute Gasteiger partial charge is 0.494 e. The van der Waals surface area contributed by atoms with Crippen molar-refractivity contribution >= 4 is 34.5 Å². The van der Waals surface area contributed by atoms with Crippen molar-refractivity contribution < 1.29 is 14.1 Å². The highest BCUT2D eigenvalue weighted by molar-refractivity contribution is 7.07. The van der Waals surface area contributed by atoms with E-state index in [1.165, 1.54) is 70.6 Å². The normalized spacial score (nSPS) is 11.0. The van der Waals surface area contributed by atoms with E-state index in [1.54, 1.807) is 11.3 Å². The molecule has 0 aliphatic carbocycles. The predicted molar refractivity (Wildman–Crippen MR) is 160 cm³/mol. The lowest BCUT2D eigenvalue weighted by atomic mass is 10.1. The summed E-state index contributed by atoms with van der Waals surface area (Å²) >= 11 is 8.14. The fraction of sp³-hybridized carbons (Fsp3) is 0.500. The van der Waals surface area contributed by atoms with E-state index in [0.717, 1.165) is 35.5 Å². The van der Waals surface area contributed by atoms with Gasteiger partial charge in [0, 0.05) is 16.3 Å². The first-order valence-corrected chi connectivity index (χ1v) is 15.7. The summed E-state index contributed by atoms with van der Waals surface area (Å²) in [6.07, 6.45) is 18.2. The molecule has 0 radical (unpaired) electrons. The Morgan fingerprint density at radius 2 is 1.63 bits per heavy atom. The molecule has 4 nitrogen and oxygen atoms in total. The third-order valence-corrected chi connectivity index (χ3v) is 7.77. The molecule has 3 aromatic rings. The molecule has 0 unspecified atom stereocenters. The Morgan fingerprint density at radius 3 is 2.29 bits per heavy atom. The van der Waals surface area contributed by atoms with Crippen LogP contribution in [0.4, 0.5) is 5.69 Å². The van der Waals surface area contributed by atoms with E-state index in [2.05, 4.69) is 28.4 Å². The summed E-state index contributed by atoms with van der Waals surface area (Å²) in [6.45, 7) is 3.75. The van der Waals surface area contributed by atoms with Crippen LogP contribution in [0.2, 0.25) is 5.02 Å². The monoisotopic (exact) mass is 555 g/mol. The molecule has 206 valence electrons. The molecule has 0 atom stereocenters. The molecule has 0 saturated carbocycles. The minimum Gasteiger partial charge on any atom is -0.494 e. The number of aromatic nitrogens is 1. The molecular formula is C32H44ClN2O2S+. The Bertz CT molecular complexity index is 1070. The van der Waals surface area contributed by atoms with Gasteiger partial charge in [-0.3, -0.25) is 4.79 Å². The first kappa shape index (κ1) is 30.2. The van der Waals surface area contributed by atoms with Crippen molar-refractivity contribution in [3.63, 3.8) is 0 Å². The summed E-state index contributed by atoms with van der Waals surface area (Å²) in [5.41, 5.74) is 4.80. The van der Waals surface area contributed by atoms with E-state index in [1.807, 2.05) is 48.0 Å². The average Bonchev–Trinajstić information content (AvgIpc) is 3.41. The molecular weight excluding hydrogens is 512 g/mol. The van der Waals surface area contributed by atoms with Crippen LogP contribution in [0.1, 0.15) is 95.1 Å². The maximum atomic E-state index is 12.7. The summed E-state index contributed by atoms with van der Waals surface area (Å²) in [7, 11) is 0. The number of carbonyl (C=O) groups is 1. The maximum Gasteiger partial charge on any atom is 0.228 e. The van der Waals surface area contributed by atoms with E-state index in [-0.39, 0.29) is 12.3 Å². The number of benzene rings is 2. The molecule has 0 aliphatic heterocycles. The lowest BCUT2D eigenvalue weighted by Crippen LogP contribution is -2.30. The molecule has 2 aromatic carbocycles. The van der Waals surface area contributed by atoms with Crippen LogP contribution in [-0.2, 0) is 17.8 Å². The van der Waals surface area contributed by atoms with Gasteiger partial charge < -0.3 is 10.1 Å². The third-order valence-electron chi connectivity index (χ3n) is 6.75. The first-order chi connectivity index (χ1) is 18.6. The van der Waals surface area contributed by atoms with Gasteiger partial charge in [0.2, 0.25) is 11.4 Å². The van der Waals surface area contributed by atoms with Crippen LogP contribution in [0.3, 0.4) is 0 Å². The van der Waals surface area contributed by atoms with Gasteiger partial charge in [0.1, 0.15) is 5.75 Å². The van der Waals surface area contributed by atoms with Crippen molar-refractivity contribution in [2.75, 3.05) is 11.9 Å². The van der Waals surface area contributed by atoms with Gasteiger partial charge in [-0.15, -0.1) is 0 Å². The SMILES string of the molecule is CCCCCCCCCCCCCCOc1ccc(CC(=O)Nc2cccc(C[n+]3ccsc3)c2)c(Cl)c1. The Morgan fingerprint density at radius 1 is 0.921 bits per heavy atom. The minimum atomic E-state index is -0.0857. The lowest BCUT2D eigenvalue weighted by molar-refractivity contribution is -0.683. The van der Waals surface area contributed by atoms with Crippen molar-refractivity contribution in [2.45, 2.75) is 96.9 Å². The van der Waals surface area contributed by atoms with E-state index < -0.39 is 0 Å². The second-order valence-corrected chi connectivity index (χ2v) is 11.3. The second-order valence-electron chi connectivity index (χ2n) is 10.1. The van der Waals surface area contributed by atoms with Gasteiger partial charge in [0.25, 0.3) is 0 Å². The summed E-state index contributed by atoms with van der Waals surface area (Å²) in [5, 5.41) is 5.61. The summed E-state index contributed by atoms with van der Waals surface area (Å²) < 4.78 is 8.02. The van der Waals surface area contributed by atoms with Crippen molar-refractivity contribution in [3.05, 3.63) is 75.7 Å². The highest BCUT2D eigenvalue weighted by atomic mass is 35.5. The van der Waals surface area contributed by atoms with Crippen LogP contribution < -0.4 is 14.6 Å². The summed E-state index contributed by atoms with van der Waals surface area (Å²) in [5.74, 6) is 0.679. The molecule has 1 N–H and O–H groups in total. The zero-order chi connectivity index (χ0) is 26.8. The van der Waals surface area contributed by atoms with E-state index >= 15 is 0 Å². The first-order valence-electron chi connectivity index (χ1n) is 14.4. The zero-order valence-electron chi connectivity index (χ0n) is 22.9. The van der Waals surface area contributed by atoms with Crippen molar-refractivity contribution in [1.82, 2.24) is 0 Å². The lowest BCUT2D eigenvalue weighted by Gasteiger charge is -2.10. The molecule has 0 bridgehead atoms. The number of hydrogen-bond donors (Lipinski definition) is 1. The predicted octanol–water partition coefficient (Wildman–Crippen LogP) is 9.00. The Hall–Kier alpha value is -2.37. The molecule has 0 spiro atoms. The number of anilines is 1. The van der Waals surface area contributed by atoms with Crippen LogP contribution in [0.25, 0.3) is 0 Å². The van der Waals surface area contributed by atoms with Crippen LogP contribution in [0.15, 0.2) is 59.6 Å². The molecule has 0 aliphatic rings. The number of unbranched alkanes of at least 4 members (excludes halogenated alkanes) is 11. The number of thiazole rings is 1. The number of carbonyl (C=O) groups excluding carboxylic acids is 1. The van der Waals surface area contributed by atoms with Crippen molar-refractivity contribution in [2.24, 2.45) is 0 Å². The number of hydrogen-bond acceptors (Lipinski definition) is 3. The van der Waals surface area contributed by atoms with Crippen LogP contribution >= 0.6 is 22.9 Å². The summed E-state index contributed by atoms with van der Waals surface area (Å²) in [4.78, 5) is 12.7. The number of nitrogens with one attached hydrogen (secondary N) is 1. The van der Waals surface area contributed by atoms with Gasteiger partial charge in [-0.05, 0) is 36.2 Å². The zero-order valence-corrected chi connectivity index (χ0v) is 24.5. The third kappa shape index (κ3) is 12.0.